The molecule has 4 nitrogen and oxygen atoms in total. The van der Waals surface area contributed by atoms with Crippen molar-refractivity contribution >= 4 is 11.4 Å². The van der Waals surface area contributed by atoms with Crippen LogP contribution in [0.5, 0.6) is 0 Å². The van der Waals surface area contributed by atoms with E-state index in [4.69, 9.17) is 5.73 Å². The first-order valence-electron chi connectivity index (χ1n) is 6.46. The topological polar surface area (TPSA) is 44.5 Å². The van der Waals surface area contributed by atoms with Gasteiger partial charge in [-0.2, -0.15) is 0 Å². The minimum atomic E-state index is -0.904. The van der Waals surface area contributed by atoms with E-state index in [1.54, 1.807) is 0 Å². The van der Waals surface area contributed by atoms with Crippen molar-refractivity contribution in [3.8, 4) is 0 Å². The summed E-state index contributed by atoms with van der Waals surface area (Å²) < 4.78 is 26.6. The highest BCUT2D eigenvalue weighted by molar-refractivity contribution is 5.66. The zero-order valence-corrected chi connectivity index (χ0v) is 11.1. The van der Waals surface area contributed by atoms with Gasteiger partial charge in [0, 0.05) is 39.3 Å². The molecule has 3 N–H and O–H groups in total. The van der Waals surface area contributed by atoms with Crippen LogP contribution in [0.2, 0.25) is 0 Å². The van der Waals surface area contributed by atoms with Crippen LogP contribution in [0.15, 0.2) is 12.1 Å². The van der Waals surface area contributed by atoms with Crippen molar-refractivity contribution in [1.82, 2.24) is 9.80 Å². The molecule has 0 spiro atoms. The largest absolute Gasteiger partial charge is 0.397 e. The van der Waals surface area contributed by atoms with Gasteiger partial charge in [0.15, 0.2) is 11.6 Å². The van der Waals surface area contributed by atoms with Crippen molar-refractivity contribution in [2.45, 2.75) is 0 Å². The van der Waals surface area contributed by atoms with Crippen LogP contribution in [0.25, 0.3) is 0 Å². The molecule has 1 heterocycles. The number of nitrogens with two attached hydrogens (primary N) is 1. The third-order valence-electron chi connectivity index (χ3n) is 3.45. The van der Waals surface area contributed by atoms with E-state index >= 15 is 0 Å². The predicted octanol–water partition coefficient (Wildman–Crippen LogP) is 1.21. The summed E-state index contributed by atoms with van der Waals surface area (Å²) in [5.74, 6) is -1.78. The molecule has 2 rings (SSSR count). The smallest absolute Gasteiger partial charge is 0.183 e. The number of rotatable bonds is 4. The second-order valence-corrected chi connectivity index (χ2v) is 4.90. The minimum absolute atomic E-state index is 0.0640. The van der Waals surface area contributed by atoms with Gasteiger partial charge >= 0.3 is 0 Å². The number of benzene rings is 1. The molecule has 6 heteroatoms. The Morgan fingerprint density at radius 2 is 1.89 bits per heavy atom. The lowest BCUT2D eigenvalue weighted by molar-refractivity contribution is 0.158. The minimum Gasteiger partial charge on any atom is -0.397 e. The number of hydrogen-bond donors (Lipinski definition) is 2. The van der Waals surface area contributed by atoms with E-state index in [1.807, 2.05) is 0 Å². The van der Waals surface area contributed by atoms with E-state index in [0.717, 1.165) is 38.8 Å². The van der Waals surface area contributed by atoms with Gasteiger partial charge in [-0.1, -0.05) is 0 Å². The molecule has 0 amide bonds. The number of piperazine rings is 1. The highest BCUT2D eigenvalue weighted by atomic mass is 19.2. The summed E-state index contributed by atoms with van der Waals surface area (Å²) in [4.78, 5) is 4.56. The first-order valence-corrected chi connectivity index (χ1v) is 6.46. The molecule has 19 heavy (non-hydrogen) atoms. The Bertz CT molecular complexity index is 431. The molecular formula is C13H20F2N4. The Morgan fingerprint density at radius 3 is 2.58 bits per heavy atom. The Kier molecular flexibility index (Phi) is 4.55. The molecule has 0 bridgehead atoms. The lowest BCUT2D eigenvalue weighted by atomic mass is 10.2. The first kappa shape index (κ1) is 14.0. The summed E-state index contributed by atoms with van der Waals surface area (Å²) in [6, 6.07) is 2.41. The van der Waals surface area contributed by atoms with Crippen LogP contribution in [0, 0.1) is 11.6 Å². The fraction of sp³-hybridized carbons (Fsp3) is 0.538. The average Bonchev–Trinajstić information content (AvgIpc) is 2.40. The lowest BCUT2D eigenvalue weighted by Crippen LogP contribution is -2.45. The van der Waals surface area contributed by atoms with E-state index < -0.39 is 11.6 Å². The average molecular weight is 270 g/mol. The van der Waals surface area contributed by atoms with Crippen LogP contribution >= 0.6 is 0 Å². The van der Waals surface area contributed by atoms with Crippen LogP contribution in [-0.4, -0.2) is 56.1 Å². The Labute approximate surface area is 112 Å². The molecule has 0 aliphatic carbocycles. The van der Waals surface area contributed by atoms with Crippen LogP contribution in [0.3, 0.4) is 0 Å². The van der Waals surface area contributed by atoms with Gasteiger partial charge in [0.25, 0.3) is 0 Å². The Morgan fingerprint density at radius 1 is 1.21 bits per heavy atom. The maximum absolute atomic E-state index is 13.5. The van der Waals surface area contributed by atoms with Gasteiger partial charge in [0.2, 0.25) is 0 Å². The van der Waals surface area contributed by atoms with Crippen molar-refractivity contribution in [3.63, 3.8) is 0 Å². The van der Waals surface area contributed by atoms with Crippen LogP contribution in [-0.2, 0) is 0 Å². The third-order valence-corrected chi connectivity index (χ3v) is 3.45. The monoisotopic (exact) mass is 270 g/mol. The van der Waals surface area contributed by atoms with Crippen molar-refractivity contribution in [3.05, 3.63) is 23.8 Å². The first-order chi connectivity index (χ1) is 9.08. The zero-order valence-electron chi connectivity index (χ0n) is 11.1. The number of nitrogen functional groups attached to an aromatic ring is 1. The van der Waals surface area contributed by atoms with Crippen LogP contribution in [0.4, 0.5) is 20.2 Å². The molecule has 1 fully saturated rings. The molecule has 0 radical (unpaired) electrons. The van der Waals surface area contributed by atoms with Crippen molar-refractivity contribution < 1.29 is 8.78 Å². The number of nitrogens with one attached hydrogen (secondary N) is 1. The molecule has 1 aliphatic heterocycles. The maximum Gasteiger partial charge on any atom is 0.183 e. The van der Waals surface area contributed by atoms with Crippen LogP contribution in [0.1, 0.15) is 0 Å². The van der Waals surface area contributed by atoms with E-state index in [-0.39, 0.29) is 11.4 Å². The summed E-state index contributed by atoms with van der Waals surface area (Å²) in [7, 11) is 2.10. The van der Waals surface area contributed by atoms with Gasteiger partial charge in [-0.25, -0.2) is 8.78 Å². The van der Waals surface area contributed by atoms with Crippen molar-refractivity contribution in [1.29, 1.82) is 0 Å². The van der Waals surface area contributed by atoms with Gasteiger partial charge in [0.05, 0.1) is 11.4 Å². The fourth-order valence-electron chi connectivity index (χ4n) is 2.16. The van der Waals surface area contributed by atoms with E-state index in [9.17, 15) is 8.78 Å². The van der Waals surface area contributed by atoms with Crippen LogP contribution < -0.4 is 11.1 Å². The molecule has 106 valence electrons. The molecule has 0 unspecified atom stereocenters. The van der Waals surface area contributed by atoms with Gasteiger partial charge in [-0.05, 0) is 19.2 Å². The van der Waals surface area contributed by atoms with Gasteiger partial charge in [-0.15, -0.1) is 0 Å². The lowest BCUT2D eigenvalue weighted by Gasteiger charge is -2.32. The van der Waals surface area contributed by atoms with E-state index in [0.29, 0.717) is 6.54 Å². The third kappa shape index (κ3) is 3.54. The summed E-state index contributed by atoms with van der Waals surface area (Å²) in [5, 5.41) is 2.89. The Balaban J connectivity index is 1.84. The number of likely N-dealkylation sites (N-methyl/N-ethyl adjacent to an activating group) is 1. The molecule has 0 aromatic heterocycles. The fourth-order valence-corrected chi connectivity index (χ4v) is 2.16. The molecular weight excluding hydrogens is 250 g/mol. The summed E-state index contributed by atoms with van der Waals surface area (Å²) in [6.07, 6.45) is 0. The Hall–Kier alpha value is -1.40. The van der Waals surface area contributed by atoms with E-state index in [2.05, 4.69) is 22.2 Å². The second kappa shape index (κ2) is 6.16. The zero-order chi connectivity index (χ0) is 13.8. The SMILES string of the molecule is CN1CCN(CCNc2c(N)ccc(F)c2F)CC1. The van der Waals surface area contributed by atoms with Gasteiger partial charge in [0.1, 0.15) is 0 Å². The van der Waals surface area contributed by atoms with Gasteiger partial charge < -0.3 is 16.0 Å². The molecule has 1 aromatic rings. The molecule has 1 aromatic carbocycles. The normalized spacial score (nSPS) is 17.6. The number of anilines is 2. The van der Waals surface area contributed by atoms with Crippen molar-refractivity contribution in [2.24, 2.45) is 0 Å². The number of halogens is 2. The quantitative estimate of drug-likeness (QED) is 0.807. The molecule has 0 atom stereocenters. The van der Waals surface area contributed by atoms with Gasteiger partial charge in [-0.3, -0.25) is 4.90 Å². The summed E-state index contributed by atoms with van der Waals surface area (Å²) >= 11 is 0. The highest BCUT2D eigenvalue weighted by Gasteiger charge is 2.14. The molecule has 1 saturated heterocycles. The second-order valence-electron chi connectivity index (χ2n) is 4.90. The standard InChI is InChI=1S/C13H20F2N4/c1-18-6-8-19(9-7-18)5-4-17-13-11(16)3-2-10(14)12(13)15/h2-3,17H,4-9,16H2,1H3. The number of nitrogens with zero attached hydrogens (tertiary/aromatic N) is 2. The number of hydrogen-bond acceptors (Lipinski definition) is 4. The summed E-state index contributed by atoms with van der Waals surface area (Å²) in [6.45, 7) is 5.42. The molecule has 0 saturated carbocycles. The van der Waals surface area contributed by atoms with Crippen molar-refractivity contribution in [2.75, 3.05) is 57.4 Å². The highest BCUT2D eigenvalue weighted by Crippen LogP contribution is 2.24. The maximum atomic E-state index is 13.5. The predicted molar refractivity (Wildman–Crippen MR) is 73.2 cm³/mol. The summed E-state index contributed by atoms with van der Waals surface area (Å²) in [5.41, 5.74) is 5.94. The van der Waals surface area contributed by atoms with E-state index in [1.165, 1.54) is 6.07 Å². The molecule has 1 aliphatic rings.